The molecule has 0 radical (unpaired) electrons. The molecule has 0 saturated carbocycles. The van der Waals surface area contributed by atoms with Crippen LogP contribution in [0.4, 0.5) is 0 Å². The molecule has 108 valence electrons. The van der Waals surface area contributed by atoms with Crippen LogP contribution in [0.1, 0.15) is 24.4 Å². The van der Waals surface area contributed by atoms with Crippen LogP contribution in [0.5, 0.6) is 5.75 Å². The van der Waals surface area contributed by atoms with Gasteiger partial charge in [-0.25, -0.2) is 0 Å². The lowest BCUT2D eigenvalue weighted by molar-refractivity contribution is 0.313. The number of halogens is 2. The molecule has 20 heavy (non-hydrogen) atoms. The molecule has 1 atom stereocenters. The molecule has 0 bridgehead atoms. The first-order valence-electron chi connectivity index (χ1n) is 6.45. The molecule has 1 aromatic carbocycles. The lowest BCUT2D eigenvalue weighted by Gasteiger charge is -2.29. The van der Waals surface area contributed by atoms with Crippen molar-refractivity contribution in [2.75, 3.05) is 20.2 Å². The number of hydrogen-bond donors (Lipinski definition) is 1. The number of methoxy groups -OCH3 is 1. The Morgan fingerprint density at radius 3 is 2.60 bits per heavy atom. The second kappa shape index (κ2) is 7.04. The Morgan fingerprint density at radius 1 is 1.35 bits per heavy atom. The largest absolute Gasteiger partial charge is 0.496 e. The number of ether oxygens (including phenoxy) is 1. The van der Waals surface area contributed by atoms with E-state index >= 15 is 0 Å². The van der Waals surface area contributed by atoms with Gasteiger partial charge in [0, 0.05) is 16.5 Å². The molecule has 0 amide bonds. The van der Waals surface area contributed by atoms with Crippen LogP contribution in [-0.2, 0) is 0 Å². The predicted octanol–water partition coefficient (Wildman–Crippen LogP) is 4.35. The first-order chi connectivity index (χ1) is 9.67. The minimum atomic E-state index is -0.285. The quantitative estimate of drug-likeness (QED) is 0.509. The molecule has 2 rings (SSSR count). The Bertz CT molecular complexity index is 525. The monoisotopic (exact) mass is 314 g/mol. The fraction of sp³-hybridized carbons (Fsp3) is 0.538. The van der Waals surface area contributed by atoms with Crippen molar-refractivity contribution < 1.29 is 4.74 Å². The van der Waals surface area contributed by atoms with Gasteiger partial charge in [0.25, 0.3) is 0 Å². The van der Waals surface area contributed by atoms with Gasteiger partial charge in [-0.3, -0.25) is 0 Å². The highest BCUT2D eigenvalue weighted by atomic mass is 35.5. The fourth-order valence-electron chi connectivity index (χ4n) is 2.58. The molecule has 7 heteroatoms. The highest BCUT2D eigenvalue weighted by Crippen LogP contribution is 2.40. The van der Waals surface area contributed by atoms with Crippen LogP contribution in [0.15, 0.2) is 17.2 Å². The van der Waals surface area contributed by atoms with Gasteiger partial charge in [-0.05, 0) is 43.4 Å². The van der Waals surface area contributed by atoms with E-state index in [2.05, 4.69) is 15.3 Å². The molecule has 0 spiro atoms. The Hall–Kier alpha value is -1.13. The molecule has 1 unspecified atom stereocenters. The van der Waals surface area contributed by atoms with E-state index in [-0.39, 0.29) is 12.0 Å². The topological polar surface area (TPSA) is 70.0 Å². The summed E-state index contributed by atoms with van der Waals surface area (Å²) in [6.07, 6.45) is 1.90. The van der Waals surface area contributed by atoms with Gasteiger partial charge in [-0.1, -0.05) is 28.3 Å². The van der Waals surface area contributed by atoms with E-state index in [9.17, 15) is 0 Å². The fourth-order valence-corrected chi connectivity index (χ4v) is 2.90. The van der Waals surface area contributed by atoms with Crippen LogP contribution in [0.25, 0.3) is 10.4 Å². The average molecular weight is 315 g/mol. The van der Waals surface area contributed by atoms with Gasteiger partial charge in [-0.2, -0.15) is 0 Å². The van der Waals surface area contributed by atoms with Crippen LogP contribution in [0, 0.1) is 5.92 Å². The molecule has 1 saturated heterocycles. The van der Waals surface area contributed by atoms with Gasteiger partial charge in [0.1, 0.15) is 5.75 Å². The normalized spacial score (nSPS) is 17.4. The number of nitrogens with zero attached hydrogens (tertiary/aromatic N) is 3. The summed E-state index contributed by atoms with van der Waals surface area (Å²) in [4.78, 5) is 2.99. The third-order valence-electron chi connectivity index (χ3n) is 3.60. The summed E-state index contributed by atoms with van der Waals surface area (Å²) in [5, 5.41) is 8.13. The maximum Gasteiger partial charge on any atom is 0.124 e. The van der Waals surface area contributed by atoms with Crippen molar-refractivity contribution in [1.29, 1.82) is 0 Å². The van der Waals surface area contributed by atoms with Crippen molar-refractivity contribution in [3.8, 4) is 5.75 Å². The Morgan fingerprint density at radius 2 is 2.00 bits per heavy atom. The number of rotatable bonds is 4. The van der Waals surface area contributed by atoms with Gasteiger partial charge in [-0.15, -0.1) is 0 Å². The summed E-state index contributed by atoms with van der Waals surface area (Å²) >= 11 is 12.1. The van der Waals surface area contributed by atoms with Crippen LogP contribution in [-0.4, -0.2) is 20.2 Å². The molecule has 1 heterocycles. The highest BCUT2D eigenvalue weighted by molar-refractivity contribution is 6.42. The molecular weight excluding hydrogens is 299 g/mol. The first-order valence-corrected chi connectivity index (χ1v) is 7.20. The van der Waals surface area contributed by atoms with Gasteiger partial charge in [0.15, 0.2) is 0 Å². The van der Waals surface area contributed by atoms with Crippen LogP contribution >= 0.6 is 23.2 Å². The van der Waals surface area contributed by atoms with Crippen LogP contribution in [0.3, 0.4) is 0 Å². The molecule has 1 aliphatic heterocycles. The van der Waals surface area contributed by atoms with E-state index in [1.165, 1.54) is 0 Å². The lowest BCUT2D eigenvalue weighted by atomic mass is 9.86. The van der Waals surface area contributed by atoms with Gasteiger partial charge < -0.3 is 10.1 Å². The van der Waals surface area contributed by atoms with Gasteiger partial charge in [0.05, 0.1) is 23.2 Å². The molecule has 1 fully saturated rings. The third-order valence-corrected chi connectivity index (χ3v) is 4.32. The number of benzene rings is 1. The molecule has 1 aromatic rings. The van der Waals surface area contributed by atoms with E-state index in [0.29, 0.717) is 15.8 Å². The summed E-state index contributed by atoms with van der Waals surface area (Å²) in [5.74, 6) is 0.883. The minimum absolute atomic E-state index is 0.276. The van der Waals surface area contributed by atoms with Crippen LogP contribution < -0.4 is 10.1 Å². The zero-order chi connectivity index (χ0) is 14.5. The minimum Gasteiger partial charge on any atom is -0.496 e. The van der Waals surface area contributed by atoms with E-state index in [1.54, 1.807) is 19.2 Å². The van der Waals surface area contributed by atoms with E-state index in [0.717, 1.165) is 31.5 Å². The van der Waals surface area contributed by atoms with Crippen molar-refractivity contribution in [2.24, 2.45) is 11.0 Å². The standard InChI is InChI=1S/C13H16Cl2N4O/c1-20-12-7-11(15)10(14)6-9(12)13(18-19-16)8-2-4-17-5-3-8/h6-8,13,17H,2-5H2,1H3. The van der Waals surface area contributed by atoms with E-state index in [4.69, 9.17) is 33.5 Å². The van der Waals surface area contributed by atoms with Gasteiger partial charge >= 0.3 is 0 Å². The number of nitrogens with one attached hydrogen (secondary N) is 1. The second-order valence-electron chi connectivity index (χ2n) is 4.75. The summed E-state index contributed by atoms with van der Waals surface area (Å²) in [7, 11) is 1.57. The van der Waals surface area contributed by atoms with Crippen molar-refractivity contribution in [3.63, 3.8) is 0 Å². The lowest BCUT2D eigenvalue weighted by Crippen LogP contribution is -2.30. The zero-order valence-electron chi connectivity index (χ0n) is 11.1. The average Bonchev–Trinajstić information content (AvgIpc) is 2.48. The number of piperidine rings is 1. The Balaban J connectivity index is 2.42. The molecule has 1 N–H and O–H groups in total. The van der Waals surface area contributed by atoms with Crippen molar-refractivity contribution in [1.82, 2.24) is 5.32 Å². The van der Waals surface area contributed by atoms with Crippen LogP contribution in [0.2, 0.25) is 10.0 Å². The molecule has 5 nitrogen and oxygen atoms in total. The Labute approximate surface area is 127 Å². The third kappa shape index (κ3) is 3.30. The van der Waals surface area contributed by atoms with E-state index in [1.807, 2.05) is 0 Å². The van der Waals surface area contributed by atoms with E-state index < -0.39 is 0 Å². The molecule has 1 aliphatic rings. The zero-order valence-corrected chi connectivity index (χ0v) is 12.7. The SMILES string of the molecule is COc1cc(Cl)c(Cl)cc1C(N=[N+]=[N-])C1CCNCC1. The summed E-state index contributed by atoms with van der Waals surface area (Å²) < 4.78 is 5.36. The maximum atomic E-state index is 8.86. The van der Waals surface area contributed by atoms with Crippen molar-refractivity contribution in [3.05, 3.63) is 38.2 Å². The summed E-state index contributed by atoms with van der Waals surface area (Å²) in [6.45, 7) is 1.84. The predicted molar refractivity (Wildman–Crippen MR) is 80.5 cm³/mol. The molecular formula is C13H16Cl2N4O. The number of hydrogen-bond acceptors (Lipinski definition) is 3. The van der Waals surface area contributed by atoms with Crippen molar-refractivity contribution >= 4 is 23.2 Å². The van der Waals surface area contributed by atoms with Gasteiger partial charge in [0.2, 0.25) is 0 Å². The second-order valence-corrected chi connectivity index (χ2v) is 5.56. The number of azide groups is 1. The summed E-state index contributed by atoms with van der Waals surface area (Å²) in [6, 6.07) is 3.12. The first kappa shape index (κ1) is 15.3. The highest BCUT2D eigenvalue weighted by Gasteiger charge is 2.27. The smallest absolute Gasteiger partial charge is 0.124 e. The molecule has 0 aliphatic carbocycles. The Kier molecular flexibility index (Phi) is 5.38. The van der Waals surface area contributed by atoms with Crippen molar-refractivity contribution in [2.45, 2.75) is 18.9 Å². The summed E-state index contributed by atoms with van der Waals surface area (Å²) in [5.41, 5.74) is 9.66. The maximum absolute atomic E-state index is 8.86. The molecule has 0 aromatic heterocycles.